The van der Waals surface area contributed by atoms with Crippen LogP contribution in [0.4, 0.5) is 16.2 Å². The molecule has 0 bridgehead atoms. The van der Waals surface area contributed by atoms with Crippen molar-refractivity contribution in [1.29, 1.82) is 0 Å². The van der Waals surface area contributed by atoms with Crippen molar-refractivity contribution in [2.45, 2.75) is 12.8 Å². The van der Waals surface area contributed by atoms with Crippen molar-refractivity contribution >= 4 is 23.3 Å². The van der Waals surface area contributed by atoms with Crippen LogP contribution in [-0.4, -0.2) is 41.2 Å². The minimum absolute atomic E-state index is 0.0211. The third-order valence-electron chi connectivity index (χ3n) is 4.76. The average Bonchev–Trinajstić information content (AvgIpc) is 3.02. The maximum Gasteiger partial charge on any atom is 0.354 e. The van der Waals surface area contributed by atoms with Crippen LogP contribution in [0.3, 0.4) is 0 Å². The fraction of sp³-hybridized carbons (Fsp3) is 0.263. The summed E-state index contributed by atoms with van der Waals surface area (Å²) < 4.78 is 1.92. The fourth-order valence-electron chi connectivity index (χ4n) is 3.25. The highest BCUT2D eigenvalue weighted by molar-refractivity contribution is 5.94. The summed E-state index contributed by atoms with van der Waals surface area (Å²) >= 11 is 0. The number of anilines is 1. The molecule has 4 rings (SSSR count). The zero-order chi connectivity index (χ0) is 16.7. The number of aliphatic hydroxyl groups excluding tert-OH is 1. The molecule has 2 aromatic rings. The van der Waals surface area contributed by atoms with Crippen molar-refractivity contribution in [2.75, 3.05) is 24.5 Å². The lowest BCUT2D eigenvalue weighted by molar-refractivity contribution is -0.485. The number of hydrogen-bond donors (Lipinski definition) is 2. The SMILES string of the molecule is Cc1ccc([N+]2=C(O)C(c3ccc(N4CCNC4=O)cc3)C2)cc1. The topological polar surface area (TPSA) is 55.6 Å². The maximum absolute atomic E-state index is 11.7. The predicted molar refractivity (Wildman–Crippen MR) is 93.5 cm³/mol. The molecule has 0 radical (unpaired) electrons. The van der Waals surface area contributed by atoms with Crippen LogP contribution in [0, 0.1) is 6.92 Å². The third kappa shape index (κ3) is 2.42. The molecule has 2 heterocycles. The molecule has 5 heteroatoms. The van der Waals surface area contributed by atoms with E-state index >= 15 is 0 Å². The van der Waals surface area contributed by atoms with Gasteiger partial charge in [-0.15, -0.1) is 0 Å². The van der Waals surface area contributed by atoms with Crippen LogP contribution in [0.2, 0.25) is 0 Å². The standard InChI is InChI=1S/C19H19N3O2/c1-13-2-6-16(7-3-13)22-12-17(18(22)23)14-4-8-15(9-5-14)21-11-10-20-19(21)24/h2-9,17H,10-12H2,1H3,(H,20,24)/p+1. The molecule has 24 heavy (non-hydrogen) atoms. The fourth-order valence-corrected chi connectivity index (χ4v) is 3.25. The summed E-state index contributed by atoms with van der Waals surface area (Å²) in [6.45, 7) is 4.19. The first-order valence-electron chi connectivity index (χ1n) is 8.19. The van der Waals surface area contributed by atoms with Crippen molar-refractivity contribution in [3.63, 3.8) is 0 Å². The van der Waals surface area contributed by atoms with Crippen LogP contribution in [0.1, 0.15) is 17.0 Å². The second-order valence-electron chi connectivity index (χ2n) is 6.33. The summed E-state index contributed by atoms with van der Waals surface area (Å²) in [5.41, 5.74) is 4.18. The molecule has 1 saturated heterocycles. The van der Waals surface area contributed by atoms with E-state index in [2.05, 4.69) is 12.2 Å². The van der Waals surface area contributed by atoms with E-state index in [1.165, 1.54) is 5.56 Å². The molecule has 0 aliphatic carbocycles. The quantitative estimate of drug-likeness (QED) is 0.854. The lowest BCUT2D eigenvalue weighted by Gasteiger charge is -2.23. The van der Waals surface area contributed by atoms with Gasteiger partial charge >= 0.3 is 11.9 Å². The van der Waals surface area contributed by atoms with Gasteiger partial charge in [-0.3, -0.25) is 4.90 Å². The van der Waals surface area contributed by atoms with Crippen molar-refractivity contribution in [1.82, 2.24) is 5.32 Å². The van der Waals surface area contributed by atoms with Gasteiger partial charge in [-0.1, -0.05) is 29.8 Å². The summed E-state index contributed by atoms with van der Waals surface area (Å²) in [6, 6.07) is 16.0. The van der Waals surface area contributed by atoms with E-state index in [1.54, 1.807) is 4.90 Å². The highest BCUT2D eigenvalue weighted by Gasteiger charge is 2.41. The number of rotatable bonds is 3. The second kappa shape index (κ2) is 5.67. The molecule has 0 spiro atoms. The molecule has 1 unspecified atom stereocenters. The van der Waals surface area contributed by atoms with Crippen molar-refractivity contribution in [3.05, 3.63) is 59.7 Å². The Morgan fingerprint density at radius 1 is 1.12 bits per heavy atom. The van der Waals surface area contributed by atoms with Gasteiger partial charge in [0.1, 0.15) is 0 Å². The largest absolute Gasteiger partial charge is 0.463 e. The molecule has 2 N–H and O–H groups in total. The molecular weight excluding hydrogens is 302 g/mol. The molecule has 122 valence electrons. The lowest BCUT2D eigenvalue weighted by Crippen LogP contribution is -2.39. The third-order valence-corrected chi connectivity index (χ3v) is 4.76. The van der Waals surface area contributed by atoms with Gasteiger partial charge in [0.25, 0.3) is 0 Å². The lowest BCUT2D eigenvalue weighted by atomic mass is 9.93. The molecule has 2 aromatic carbocycles. The summed E-state index contributed by atoms with van der Waals surface area (Å²) in [5, 5.41) is 13.2. The first kappa shape index (κ1) is 14.8. The van der Waals surface area contributed by atoms with Gasteiger partial charge in [0.2, 0.25) is 5.69 Å². The van der Waals surface area contributed by atoms with Gasteiger partial charge in [0.15, 0.2) is 12.5 Å². The van der Waals surface area contributed by atoms with E-state index in [-0.39, 0.29) is 11.9 Å². The molecule has 0 aromatic heterocycles. The van der Waals surface area contributed by atoms with Crippen LogP contribution in [-0.2, 0) is 0 Å². The highest BCUT2D eigenvalue weighted by atomic mass is 16.3. The molecular formula is C19H20N3O2+. The zero-order valence-electron chi connectivity index (χ0n) is 13.6. The summed E-state index contributed by atoms with van der Waals surface area (Å²) in [5.74, 6) is 0.401. The number of urea groups is 1. The Morgan fingerprint density at radius 3 is 2.42 bits per heavy atom. The molecule has 2 aliphatic rings. The average molecular weight is 322 g/mol. The number of amides is 2. The number of aliphatic hydroxyl groups is 1. The molecule has 0 saturated carbocycles. The van der Waals surface area contributed by atoms with Gasteiger partial charge in [-0.05, 0) is 24.6 Å². The monoisotopic (exact) mass is 322 g/mol. The van der Waals surface area contributed by atoms with Crippen molar-refractivity contribution in [3.8, 4) is 0 Å². The minimum Gasteiger partial charge on any atom is -0.463 e. The summed E-state index contributed by atoms with van der Waals surface area (Å²) in [7, 11) is 0. The van der Waals surface area contributed by atoms with Gasteiger partial charge in [-0.2, -0.15) is 4.58 Å². The van der Waals surface area contributed by atoms with Crippen LogP contribution in [0.15, 0.2) is 48.5 Å². The number of aryl methyl sites for hydroxylation is 1. The Kier molecular flexibility index (Phi) is 3.49. The molecule has 2 amide bonds. The summed E-state index contributed by atoms with van der Waals surface area (Å²) in [4.78, 5) is 13.4. The number of carbonyl (C=O) groups is 1. The maximum atomic E-state index is 11.7. The molecule has 2 aliphatic heterocycles. The first-order chi connectivity index (χ1) is 11.6. The zero-order valence-corrected chi connectivity index (χ0v) is 13.6. The van der Waals surface area contributed by atoms with E-state index in [1.807, 2.05) is 53.1 Å². The van der Waals surface area contributed by atoms with Crippen LogP contribution in [0.25, 0.3) is 0 Å². The van der Waals surface area contributed by atoms with Crippen LogP contribution < -0.4 is 10.2 Å². The van der Waals surface area contributed by atoms with Crippen LogP contribution >= 0.6 is 0 Å². The Morgan fingerprint density at radius 2 is 1.83 bits per heavy atom. The van der Waals surface area contributed by atoms with Crippen molar-refractivity contribution in [2.24, 2.45) is 0 Å². The Labute approximate surface area is 140 Å². The van der Waals surface area contributed by atoms with Gasteiger partial charge in [0.05, 0.1) is 0 Å². The normalized spacial score (nSPS) is 20.1. The van der Waals surface area contributed by atoms with Gasteiger partial charge < -0.3 is 10.4 Å². The van der Waals surface area contributed by atoms with E-state index in [0.29, 0.717) is 19.0 Å². The van der Waals surface area contributed by atoms with Gasteiger partial charge in [-0.25, -0.2) is 4.79 Å². The number of hydrogen-bond acceptors (Lipinski definition) is 1. The minimum atomic E-state index is -0.0497. The molecule has 1 atom stereocenters. The molecule has 5 nitrogen and oxygen atoms in total. The van der Waals surface area contributed by atoms with Crippen molar-refractivity contribution < 1.29 is 14.5 Å². The Hall–Kier alpha value is -2.82. The van der Waals surface area contributed by atoms with E-state index in [0.717, 1.165) is 23.5 Å². The number of carbonyl (C=O) groups excluding carboxylic acids is 1. The van der Waals surface area contributed by atoms with E-state index < -0.39 is 0 Å². The van der Waals surface area contributed by atoms with E-state index in [9.17, 15) is 9.90 Å². The number of nitrogens with zero attached hydrogens (tertiary/aromatic N) is 2. The smallest absolute Gasteiger partial charge is 0.354 e. The Bertz CT molecular complexity index is 810. The molecule has 1 fully saturated rings. The number of nitrogens with one attached hydrogen (secondary N) is 1. The first-order valence-corrected chi connectivity index (χ1v) is 8.19. The summed E-state index contributed by atoms with van der Waals surface area (Å²) in [6.07, 6.45) is 0. The highest BCUT2D eigenvalue weighted by Crippen LogP contribution is 2.30. The second-order valence-corrected chi connectivity index (χ2v) is 6.33. The predicted octanol–water partition coefficient (Wildman–Crippen LogP) is 2.92. The van der Waals surface area contributed by atoms with Crippen LogP contribution in [0.5, 0.6) is 0 Å². The number of benzene rings is 2. The van der Waals surface area contributed by atoms with Gasteiger partial charge in [0, 0.05) is 30.9 Å². The van der Waals surface area contributed by atoms with E-state index in [4.69, 9.17) is 0 Å². The Balaban J connectivity index is 1.53.